The highest BCUT2D eigenvalue weighted by molar-refractivity contribution is 5.87. The first kappa shape index (κ1) is 15.5. The third kappa shape index (κ3) is 4.32. The molecule has 0 spiro atoms. The van der Waals surface area contributed by atoms with Crippen LogP contribution in [0.3, 0.4) is 0 Å². The molecule has 1 unspecified atom stereocenters. The smallest absolute Gasteiger partial charge is 0.339 e. The Kier molecular flexibility index (Phi) is 5.50. The summed E-state index contributed by atoms with van der Waals surface area (Å²) in [6, 6.07) is 16.5. The lowest BCUT2D eigenvalue weighted by Gasteiger charge is -2.18. The van der Waals surface area contributed by atoms with Gasteiger partial charge in [-0.1, -0.05) is 60.7 Å². The molecular formula is C16H17N3O3. The van der Waals surface area contributed by atoms with Gasteiger partial charge in [-0.05, 0) is 11.1 Å². The van der Waals surface area contributed by atoms with Gasteiger partial charge in [-0.2, -0.15) is 0 Å². The van der Waals surface area contributed by atoms with E-state index >= 15 is 0 Å². The monoisotopic (exact) mass is 299 g/mol. The van der Waals surface area contributed by atoms with Crippen LogP contribution in [-0.4, -0.2) is 17.1 Å². The molecule has 3 amide bonds. The summed E-state index contributed by atoms with van der Waals surface area (Å²) in [5.74, 6) is -0.362. The second-order valence-corrected chi connectivity index (χ2v) is 4.63. The first-order valence-corrected chi connectivity index (χ1v) is 6.78. The van der Waals surface area contributed by atoms with Gasteiger partial charge in [0.1, 0.15) is 6.04 Å². The Bertz CT molecular complexity index is 617. The van der Waals surface area contributed by atoms with Gasteiger partial charge in [0.25, 0.3) is 0 Å². The van der Waals surface area contributed by atoms with Crippen LogP contribution >= 0.6 is 0 Å². The predicted molar refractivity (Wildman–Crippen MR) is 80.9 cm³/mol. The van der Waals surface area contributed by atoms with Crippen LogP contribution in [0.1, 0.15) is 17.2 Å². The summed E-state index contributed by atoms with van der Waals surface area (Å²) in [4.78, 5) is 23.7. The molecule has 0 fully saturated rings. The van der Waals surface area contributed by atoms with E-state index < -0.39 is 12.1 Å². The number of nitrogens with one attached hydrogen (secondary N) is 3. The number of amides is 3. The number of benzene rings is 2. The maximum atomic E-state index is 12.3. The number of carbonyl (C=O) groups is 2. The lowest BCUT2D eigenvalue weighted by atomic mass is 10.1. The summed E-state index contributed by atoms with van der Waals surface area (Å²) in [6.45, 7) is 0.353. The van der Waals surface area contributed by atoms with Gasteiger partial charge < -0.3 is 10.6 Å². The maximum absolute atomic E-state index is 12.3. The van der Waals surface area contributed by atoms with E-state index in [0.29, 0.717) is 12.1 Å². The van der Waals surface area contributed by atoms with Crippen LogP contribution in [0.2, 0.25) is 0 Å². The van der Waals surface area contributed by atoms with Crippen LogP contribution in [0.4, 0.5) is 4.79 Å². The Balaban J connectivity index is 2.07. The van der Waals surface area contributed by atoms with Gasteiger partial charge in [0.15, 0.2) is 0 Å². The fourth-order valence-corrected chi connectivity index (χ4v) is 2.00. The summed E-state index contributed by atoms with van der Waals surface area (Å²) >= 11 is 0. The van der Waals surface area contributed by atoms with E-state index in [4.69, 9.17) is 5.21 Å². The Morgan fingerprint density at radius 3 is 2.14 bits per heavy atom. The molecule has 0 aliphatic rings. The Labute approximate surface area is 128 Å². The van der Waals surface area contributed by atoms with E-state index in [1.165, 1.54) is 5.48 Å². The lowest BCUT2D eigenvalue weighted by Crippen LogP contribution is -2.43. The quantitative estimate of drug-likeness (QED) is 0.500. The molecule has 114 valence electrons. The molecule has 2 rings (SSSR count). The van der Waals surface area contributed by atoms with Crippen LogP contribution in [0.15, 0.2) is 60.7 Å². The molecule has 2 aromatic carbocycles. The molecule has 0 bridgehead atoms. The molecule has 22 heavy (non-hydrogen) atoms. The molecule has 4 N–H and O–H groups in total. The first-order chi connectivity index (χ1) is 10.7. The predicted octanol–water partition coefficient (Wildman–Crippen LogP) is 1.73. The third-order valence-corrected chi connectivity index (χ3v) is 3.08. The van der Waals surface area contributed by atoms with Crippen LogP contribution in [0.5, 0.6) is 0 Å². The number of rotatable bonds is 5. The zero-order valence-electron chi connectivity index (χ0n) is 11.8. The highest BCUT2D eigenvalue weighted by Crippen LogP contribution is 2.13. The average Bonchev–Trinajstić information content (AvgIpc) is 2.59. The summed E-state index contributed by atoms with van der Waals surface area (Å²) in [7, 11) is 0. The van der Waals surface area contributed by atoms with Crippen molar-refractivity contribution in [2.24, 2.45) is 0 Å². The van der Waals surface area contributed by atoms with E-state index in [2.05, 4.69) is 10.6 Å². The maximum Gasteiger partial charge on any atom is 0.339 e. The number of carbonyl (C=O) groups excluding carboxylic acids is 2. The molecule has 1 atom stereocenters. The molecule has 6 heteroatoms. The molecule has 6 nitrogen and oxygen atoms in total. The van der Waals surface area contributed by atoms with Crippen molar-refractivity contribution in [1.29, 1.82) is 0 Å². The summed E-state index contributed by atoms with van der Waals surface area (Å²) in [6.07, 6.45) is 0. The molecule has 0 heterocycles. The Hall–Kier alpha value is -2.86. The van der Waals surface area contributed by atoms with Crippen molar-refractivity contribution >= 4 is 11.9 Å². The van der Waals surface area contributed by atoms with Gasteiger partial charge >= 0.3 is 6.03 Å². The van der Waals surface area contributed by atoms with Crippen molar-refractivity contribution in [2.75, 3.05) is 0 Å². The molecule has 0 saturated heterocycles. The van der Waals surface area contributed by atoms with Crippen molar-refractivity contribution in [3.05, 3.63) is 71.8 Å². The van der Waals surface area contributed by atoms with Gasteiger partial charge in [0.05, 0.1) is 0 Å². The first-order valence-electron chi connectivity index (χ1n) is 6.78. The van der Waals surface area contributed by atoms with Crippen LogP contribution in [0.25, 0.3) is 0 Å². The summed E-state index contributed by atoms with van der Waals surface area (Å²) < 4.78 is 0. The van der Waals surface area contributed by atoms with Gasteiger partial charge in [-0.3, -0.25) is 10.0 Å². The second-order valence-electron chi connectivity index (χ2n) is 4.63. The highest BCUT2D eigenvalue weighted by atomic mass is 16.5. The topological polar surface area (TPSA) is 90.5 Å². The molecule has 2 aromatic rings. The minimum Gasteiger partial charge on any atom is -0.350 e. The minimum absolute atomic E-state index is 0.353. The van der Waals surface area contributed by atoms with Crippen LogP contribution in [-0.2, 0) is 11.3 Å². The minimum atomic E-state index is -0.892. The normalized spacial score (nSPS) is 11.3. The molecule has 0 aliphatic carbocycles. The fraction of sp³-hybridized carbons (Fsp3) is 0.125. The van der Waals surface area contributed by atoms with E-state index in [1.54, 1.807) is 24.3 Å². The van der Waals surface area contributed by atoms with Crippen molar-refractivity contribution in [2.45, 2.75) is 12.6 Å². The van der Waals surface area contributed by atoms with Gasteiger partial charge in [0, 0.05) is 6.54 Å². The summed E-state index contributed by atoms with van der Waals surface area (Å²) in [5.41, 5.74) is 3.04. The molecule has 0 aliphatic heterocycles. The van der Waals surface area contributed by atoms with E-state index in [-0.39, 0.29) is 5.91 Å². The van der Waals surface area contributed by atoms with Gasteiger partial charge in [-0.25, -0.2) is 10.3 Å². The van der Waals surface area contributed by atoms with Gasteiger partial charge in [0.2, 0.25) is 5.91 Å². The molecule has 0 saturated carbocycles. The van der Waals surface area contributed by atoms with Crippen LogP contribution < -0.4 is 16.1 Å². The fourth-order valence-electron chi connectivity index (χ4n) is 2.00. The molecular weight excluding hydrogens is 282 g/mol. The van der Waals surface area contributed by atoms with Gasteiger partial charge in [-0.15, -0.1) is 0 Å². The number of urea groups is 1. The Morgan fingerprint density at radius 2 is 1.55 bits per heavy atom. The number of hydrogen-bond donors (Lipinski definition) is 4. The molecule has 0 aromatic heterocycles. The number of hydrogen-bond acceptors (Lipinski definition) is 3. The Morgan fingerprint density at radius 1 is 0.955 bits per heavy atom. The SMILES string of the molecule is O=C(NO)NC(C(=O)NCc1ccccc1)c1ccccc1. The lowest BCUT2D eigenvalue weighted by molar-refractivity contribution is -0.123. The number of hydroxylamine groups is 1. The van der Waals surface area contributed by atoms with Crippen LogP contribution in [0, 0.1) is 0 Å². The summed E-state index contributed by atoms with van der Waals surface area (Å²) in [5, 5.41) is 13.8. The van der Waals surface area contributed by atoms with Crippen molar-refractivity contribution < 1.29 is 14.8 Å². The van der Waals surface area contributed by atoms with Crippen molar-refractivity contribution in [1.82, 2.24) is 16.1 Å². The second kappa shape index (κ2) is 7.80. The average molecular weight is 299 g/mol. The third-order valence-electron chi connectivity index (χ3n) is 3.08. The van der Waals surface area contributed by atoms with E-state index in [1.807, 2.05) is 36.4 Å². The zero-order valence-corrected chi connectivity index (χ0v) is 11.8. The van der Waals surface area contributed by atoms with Crippen molar-refractivity contribution in [3.63, 3.8) is 0 Å². The zero-order chi connectivity index (χ0) is 15.8. The van der Waals surface area contributed by atoms with Crippen molar-refractivity contribution in [3.8, 4) is 0 Å². The largest absolute Gasteiger partial charge is 0.350 e. The van der Waals surface area contributed by atoms with E-state index in [9.17, 15) is 9.59 Å². The molecule has 0 radical (unpaired) electrons. The highest BCUT2D eigenvalue weighted by Gasteiger charge is 2.22. The van der Waals surface area contributed by atoms with E-state index in [0.717, 1.165) is 5.56 Å². The standard InChI is InChI=1S/C16H17N3O3/c20-15(17-11-12-7-3-1-4-8-12)14(18-16(21)19-22)13-9-5-2-6-10-13/h1-10,14,22H,11H2,(H,17,20)(H2,18,19,21).